The molecule has 3 rings (SSSR count). The highest BCUT2D eigenvalue weighted by atomic mass is 16.5. The maximum absolute atomic E-state index is 13.1. The van der Waals surface area contributed by atoms with E-state index in [4.69, 9.17) is 15.9 Å². The number of carbonyl (C=O) groups excluding carboxylic acids is 1. The van der Waals surface area contributed by atoms with E-state index in [-0.39, 0.29) is 17.0 Å². The Morgan fingerprint density at radius 1 is 0.967 bits per heavy atom. The Balaban J connectivity index is 2.05. The van der Waals surface area contributed by atoms with E-state index in [1.807, 2.05) is 6.92 Å². The van der Waals surface area contributed by atoms with Crippen molar-refractivity contribution in [3.05, 3.63) is 82.9 Å². The summed E-state index contributed by atoms with van der Waals surface area (Å²) in [6.45, 7) is 1.81. The summed E-state index contributed by atoms with van der Waals surface area (Å²) < 4.78 is 5.25. The Hall–Kier alpha value is -4.13. The van der Waals surface area contributed by atoms with E-state index in [0.29, 0.717) is 28.1 Å². The predicted octanol–water partition coefficient (Wildman–Crippen LogP) is 3.91. The molecule has 0 bridgehead atoms. The van der Waals surface area contributed by atoms with Gasteiger partial charge in [0.1, 0.15) is 11.6 Å². The number of nitrogens with one attached hydrogen (secondary N) is 2. The third kappa shape index (κ3) is 4.30. The summed E-state index contributed by atoms with van der Waals surface area (Å²) in [5.41, 5.74) is 8.62. The lowest BCUT2D eigenvalue weighted by atomic mass is 9.93. The number of aryl methyl sites for hydroxylation is 1. The lowest BCUT2D eigenvalue weighted by molar-refractivity contribution is 0.0697. The number of anilines is 1. The van der Waals surface area contributed by atoms with E-state index in [1.54, 1.807) is 60.7 Å². The summed E-state index contributed by atoms with van der Waals surface area (Å²) in [6, 6.07) is 16.5. The molecule has 0 aromatic heterocycles. The van der Waals surface area contributed by atoms with Crippen molar-refractivity contribution in [3.8, 4) is 16.9 Å². The molecule has 1 amide bonds. The summed E-state index contributed by atoms with van der Waals surface area (Å²) in [5.74, 6) is -1.09. The highest BCUT2D eigenvalue weighted by Crippen LogP contribution is 2.31. The minimum Gasteiger partial charge on any atom is -0.497 e. The molecule has 3 aromatic rings. The minimum absolute atomic E-state index is 0.0662. The first kappa shape index (κ1) is 20.6. The van der Waals surface area contributed by atoms with E-state index >= 15 is 0 Å². The van der Waals surface area contributed by atoms with Crippen LogP contribution in [-0.2, 0) is 0 Å². The Labute approximate surface area is 173 Å². The van der Waals surface area contributed by atoms with Crippen LogP contribution in [0.5, 0.6) is 5.75 Å². The number of aromatic carboxylic acids is 1. The van der Waals surface area contributed by atoms with Crippen molar-refractivity contribution in [1.29, 1.82) is 5.41 Å². The standard InChI is InChI=1S/C23H21N3O4/c1-13-3-9-18(20(11-13)23(28)29)17-10-8-16(30-2)12-19(17)22(27)26-15-6-4-14(5-7-15)21(24)25/h3-12H,1-2H3,(H3,24,25)(H,26,27)(H,28,29). The topological polar surface area (TPSA) is 125 Å². The number of nitrogen functional groups attached to an aromatic ring is 1. The molecule has 0 spiro atoms. The number of hydrogen-bond acceptors (Lipinski definition) is 4. The molecule has 0 fully saturated rings. The van der Waals surface area contributed by atoms with Gasteiger partial charge in [-0.25, -0.2) is 4.79 Å². The molecule has 0 saturated heterocycles. The number of benzene rings is 3. The van der Waals surface area contributed by atoms with E-state index < -0.39 is 11.9 Å². The Morgan fingerprint density at radius 2 is 1.60 bits per heavy atom. The van der Waals surface area contributed by atoms with Gasteiger partial charge in [0.2, 0.25) is 0 Å². The first-order valence-corrected chi connectivity index (χ1v) is 9.08. The molecule has 0 heterocycles. The Bertz CT molecular complexity index is 1140. The molecule has 0 unspecified atom stereocenters. The van der Waals surface area contributed by atoms with E-state index in [0.717, 1.165) is 5.56 Å². The van der Waals surface area contributed by atoms with Crippen LogP contribution in [0, 0.1) is 12.3 Å². The van der Waals surface area contributed by atoms with Gasteiger partial charge < -0.3 is 20.9 Å². The lowest BCUT2D eigenvalue weighted by Gasteiger charge is -2.14. The quantitative estimate of drug-likeness (QED) is 0.367. The zero-order valence-corrected chi connectivity index (χ0v) is 16.5. The summed E-state index contributed by atoms with van der Waals surface area (Å²) in [4.78, 5) is 24.8. The normalized spacial score (nSPS) is 10.3. The van der Waals surface area contributed by atoms with E-state index in [2.05, 4.69) is 5.32 Å². The summed E-state index contributed by atoms with van der Waals surface area (Å²) in [6.07, 6.45) is 0. The second-order valence-electron chi connectivity index (χ2n) is 6.71. The van der Waals surface area contributed by atoms with Crippen molar-refractivity contribution < 1.29 is 19.4 Å². The van der Waals surface area contributed by atoms with Crippen molar-refractivity contribution in [2.24, 2.45) is 5.73 Å². The number of rotatable bonds is 6. The monoisotopic (exact) mass is 403 g/mol. The number of nitrogens with two attached hydrogens (primary N) is 1. The van der Waals surface area contributed by atoms with Crippen LogP contribution in [0.15, 0.2) is 60.7 Å². The Kier molecular flexibility index (Phi) is 5.83. The van der Waals surface area contributed by atoms with Crippen molar-refractivity contribution in [3.63, 3.8) is 0 Å². The van der Waals surface area contributed by atoms with Gasteiger partial charge in [-0.2, -0.15) is 0 Å². The molecule has 0 aliphatic heterocycles. The molecule has 3 aromatic carbocycles. The van der Waals surface area contributed by atoms with Gasteiger partial charge >= 0.3 is 5.97 Å². The highest BCUT2D eigenvalue weighted by molar-refractivity contribution is 6.10. The number of carboxylic acid groups (broad SMARTS) is 1. The molecule has 30 heavy (non-hydrogen) atoms. The second-order valence-corrected chi connectivity index (χ2v) is 6.71. The third-order valence-corrected chi connectivity index (χ3v) is 4.62. The summed E-state index contributed by atoms with van der Waals surface area (Å²) >= 11 is 0. The van der Waals surface area contributed by atoms with E-state index in [9.17, 15) is 14.7 Å². The van der Waals surface area contributed by atoms with Gasteiger partial charge in [0.25, 0.3) is 5.91 Å². The van der Waals surface area contributed by atoms with Gasteiger partial charge in [-0.15, -0.1) is 0 Å². The zero-order valence-electron chi connectivity index (χ0n) is 16.5. The first-order chi connectivity index (χ1) is 14.3. The number of amidine groups is 1. The van der Waals surface area contributed by atoms with Gasteiger partial charge in [-0.1, -0.05) is 17.7 Å². The highest BCUT2D eigenvalue weighted by Gasteiger charge is 2.19. The fraction of sp³-hybridized carbons (Fsp3) is 0.0870. The fourth-order valence-corrected chi connectivity index (χ4v) is 3.07. The average molecular weight is 403 g/mol. The van der Waals surface area contributed by atoms with Gasteiger partial charge in [-0.05, 0) is 66.6 Å². The van der Waals surface area contributed by atoms with Gasteiger partial charge in [0, 0.05) is 11.3 Å². The van der Waals surface area contributed by atoms with Crippen LogP contribution in [-0.4, -0.2) is 29.9 Å². The smallest absolute Gasteiger partial charge is 0.336 e. The summed E-state index contributed by atoms with van der Waals surface area (Å²) in [5, 5.41) is 19.9. The zero-order chi connectivity index (χ0) is 21.8. The molecule has 5 N–H and O–H groups in total. The minimum atomic E-state index is -1.07. The number of ether oxygens (including phenoxy) is 1. The molecule has 0 aliphatic carbocycles. The Morgan fingerprint density at radius 3 is 2.20 bits per heavy atom. The molecule has 0 aliphatic rings. The van der Waals surface area contributed by atoms with Crippen LogP contribution in [0.25, 0.3) is 11.1 Å². The second kappa shape index (κ2) is 8.48. The van der Waals surface area contributed by atoms with Crippen LogP contribution < -0.4 is 15.8 Å². The third-order valence-electron chi connectivity index (χ3n) is 4.62. The van der Waals surface area contributed by atoms with Crippen LogP contribution in [0.4, 0.5) is 5.69 Å². The number of amides is 1. The first-order valence-electron chi connectivity index (χ1n) is 9.08. The van der Waals surface area contributed by atoms with Gasteiger partial charge in [-0.3, -0.25) is 10.2 Å². The molecular formula is C23H21N3O4. The van der Waals surface area contributed by atoms with E-state index in [1.165, 1.54) is 7.11 Å². The maximum Gasteiger partial charge on any atom is 0.336 e. The largest absolute Gasteiger partial charge is 0.497 e. The fourth-order valence-electron chi connectivity index (χ4n) is 3.07. The number of carboxylic acids is 1. The SMILES string of the molecule is COc1ccc(-c2ccc(C)cc2C(=O)O)c(C(=O)Nc2ccc(C(=N)N)cc2)c1. The van der Waals surface area contributed by atoms with Crippen LogP contribution in [0.2, 0.25) is 0 Å². The molecule has 7 heteroatoms. The lowest BCUT2D eigenvalue weighted by Crippen LogP contribution is -2.15. The molecule has 0 radical (unpaired) electrons. The van der Waals surface area contributed by atoms with Crippen LogP contribution in [0.3, 0.4) is 0 Å². The number of hydrogen-bond donors (Lipinski definition) is 4. The average Bonchev–Trinajstić information content (AvgIpc) is 2.73. The van der Waals surface area contributed by atoms with Crippen molar-refractivity contribution >= 4 is 23.4 Å². The van der Waals surface area contributed by atoms with Gasteiger partial charge in [0.05, 0.1) is 18.2 Å². The molecule has 0 atom stereocenters. The number of methoxy groups -OCH3 is 1. The van der Waals surface area contributed by atoms with Crippen molar-refractivity contribution in [1.82, 2.24) is 0 Å². The molecule has 152 valence electrons. The number of carbonyl (C=O) groups is 2. The van der Waals surface area contributed by atoms with Crippen LogP contribution >= 0.6 is 0 Å². The predicted molar refractivity (Wildman–Crippen MR) is 116 cm³/mol. The molecule has 7 nitrogen and oxygen atoms in total. The van der Waals surface area contributed by atoms with Crippen molar-refractivity contribution in [2.45, 2.75) is 6.92 Å². The molecule has 0 saturated carbocycles. The van der Waals surface area contributed by atoms with Crippen LogP contribution in [0.1, 0.15) is 31.8 Å². The summed E-state index contributed by atoms with van der Waals surface area (Å²) in [7, 11) is 1.49. The maximum atomic E-state index is 13.1. The van der Waals surface area contributed by atoms with Crippen molar-refractivity contribution in [2.75, 3.05) is 12.4 Å². The molecular weight excluding hydrogens is 382 g/mol. The van der Waals surface area contributed by atoms with Gasteiger partial charge in [0.15, 0.2) is 0 Å².